The molecule has 0 bridgehead atoms. The molecule has 0 spiro atoms. The summed E-state index contributed by atoms with van der Waals surface area (Å²) in [4.78, 5) is 20.5. The Morgan fingerprint density at radius 2 is 2.30 bits per heavy atom. The highest BCUT2D eigenvalue weighted by molar-refractivity contribution is 7.91. The van der Waals surface area contributed by atoms with Gasteiger partial charge in [-0.1, -0.05) is 0 Å². The van der Waals surface area contributed by atoms with Crippen molar-refractivity contribution in [3.63, 3.8) is 0 Å². The molecule has 0 saturated carbocycles. The third-order valence-electron chi connectivity index (χ3n) is 3.06. The number of aliphatic carboxylic acids is 1. The van der Waals surface area contributed by atoms with Crippen LogP contribution in [0.5, 0.6) is 5.88 Å². The lowest BCUT2D eigenvalue weighted by Gasteiger charge is -2.27. The van der Waals surface area contributed by atoms with Gasteiger partial charge >= 0.3 is 5.97 Å². The minimum atomic E-state index is -3.11. The van der Waals surface area contributed by atoms with E-state index in [1.165, 1.54) is 24.4 Å². The first-order valence-electron chi connectivity index (χ1n) is 5.96. The molecule has 0 aromatic carbocycles. The summed E-state index contributed by atoms with van der Waals surface area (Å²) in [6.45, 7) is -0.331. The topological polar surface area (TPSA) is 110 Å². The number of carboxylic acid groups (broad SMARTS) is 1. The van der Waals surface area contributed by atoms with Gasteiger partial charge in [0.15, 0.2) is 15.7 Å². The van der Waals surface area contributed by atoms with Crippen LogP contribution in [0, 0.1) is 0 Å². The van der Waals surface area contributed by atoms with E-state index in [-0.39, 0.29) is 23.9 Å². The van der Waals surface area contributed by atoms with Gasteiger partial charge in [-0.25, -0.2) is 8.42 Å². The molecule has 1 aliphatic heterocycles. The van der Waals surface area contributed by atoms with Crippen LogP contribution >= 0.6 is 0 Å². The van der Waals surface area contributed by atoms with Gasteiger partial charge in [0.05, 0.1) is 31.0 Å². The van der Waals surface area contributed by atoms with Gasteiger partial charge in [0.25, 0.3) is 0 Å². The van der Waals surface area contributed by atoms with Gasteiger partial charge in [-0.2, -0.15) is 4.98 Å². The predicted molar refractivity (Wildman–Crippen MR) is 70.6 cm³/mol. The van der Waals surface area contributed by atoms with Crippen molar-refractivity contribution in [3.8, 4) is 5.88 Å². The number of hydrogen-bond donors (Lipinski definition) is 1. The fourth-order valence-electron chi connectivity index (χ4n) is 2.14. The van der Waals surface area contributed by atoms with Crippen LogP contribution < -0.4 is 9.64 Å². The van der Waals surface area contributed by atoms with Gasteiger partial charge in [0.2, 0.25) is 5.88 Å². The first-order valence-corrected chi connectivity index (χ1v) is 7.78. The lowest BCUT2D eigenvalue weighted by molar-refractivity contribution is -0.135. The van der Waals surface area contributed by atoms with Crippen molar-refractivity contribution in [2.75, 3.05) is 30.1 Å². The van der Waals surface area contributed by atoms with E-state index in [2.05, 4.69) is 9.97 Å². The van der Waals surface area contributed by atoms with E-state index in [9.17, 15) is 13.2 Å². The normalized spacial score (nSPS) is 20.6. The van der Waals surface area contributed by atoms with Gasteiger partial charge in [-0.05, 0) is 6.42 Å². The third kappa shape index (κ3) is 3.35. The zero-order valence-electron chi connectivity index (χ0n) is 10.9. The maximum Gasteiger partial charge on any atom is 0.323 e. The minimum Gasteiger partial charge on any atom is -0.480 e. The molecule has 1 N–H and O–H groups in total. The van der Waals surface area contributed by atoms with Crippen molar-refractivity contribution >= 4 is 21.6 Å². The van der Waals surface area contributed by atoms with Crippen molar-refractivity contribution in [2.24, 2.45) is 0 Å². The van der Waals surface area contributed by atoms with Gasteiger partial charge in [-0.15, -0.1) is 0 Å². The first kappa shape index (κ1) is 14.5. The molecule has 9 heteroatoms. The Balaban J connectivity index is 2.29. The van der Waals surface area contributed by atoms with E-state index in [4.69, 9.17) is 9.84 Å². The highest BCUT2D eigenvalue weighted by atomic mass is 32.2. The fourth-order valence-corrected chi connectivity index (χ4v) is 3.87. The predicted octanol–water partition coefficient (Wildman–Crippen LogP) is -0.437. The second kappa shape index (κ2) is 5.61. The summed E-state index contributed by atoms with van der Waals surface area (Å²) in [6.07, 6.45) is 3.18. The van der Waals surface area contributed by atoms with Crippen LogP contribution in [0.25, 0.3) is 0 Å². The fraction of sp³-hybridized carbons (Fsp3) is 0.545. The summed E-state index contributed by atoms with van der Waals surface area (Å²) < 4.78 is 28.0. The number of sulfone groups is 1. The van der Waals surface area contributed by atoms with E-state index in [0.29, 0.717) is 12.2 Å². The second-order valence-corrected chi connectivity index (χ2v) is 6.73. The van der Waals surface area contributed by atoms with Crippen molar-refractivity contribution in [1.82, 2.24) is 9.97 Å². The molecule has 1 aliphatic rings. The quantitative estimate of drug-likeness (QED) is 0.779. The summed E-state index contributed by atoms with van der Waals surface area (Å²) in [5.74, 6) is -0.517. The molecule has 1 atom stereocenters. The number of carboxylic acids is 1. The molecule has 1 aromatic heterocycles. The molecule has 2 rings (SSSR count). The van der Waals surface area contributed by atoms with E-state index >= 15 is 0 Å². The summed E-state index contributed by atoms with van der Waals surface area (Å²) in [5, 5.41) is 8.99. The van der Waals surface area contributed by atoms with Gasteiger partial charge in [0, 0.05) is 6.04 Å². The Bertz CT molecular complexity index is 604. The summed E-state index contributed by atoms with van der Waals surface area (Å²) in [5.41, 5.74) is 0. The van der Waals surface area contributed by atoms with E-state index in [1.54, 1.807) is 0 Å². The second-order valence-electron chi connectivity index (χ2n) is 4.50. The maximum absolute atomic E-state index is 11.6. The zero-order chi connectivity index (χ0) is 14.8. The number of methoxy groups -OCH3 is 1. The lowest BCUT2D eigenvalue weighted by Crippen LogP contribution is -2.40. The number of anilines is 1. The van der Waals surface area contributed by atoms with E-state index < -0.39 is 21.8 Å². The van der Waals surface area contributed by atoms with Gasteiger partial charge < -0.3 is 14.7 Å². The molecular formula is C11H15N3O5S. The van der Waals surface area contributed by atoms with Crippen LogP contribution in [0.3, 0.4) is 0 Å². The summed E-state index contributed by atoms with van der Waals surface area (Å²) in [7, 11) is -1.69. The lowest BCUT2D eigenvalue weighted by atomic mass is 10.2. The van der Waals surface area contributed by atoms with Crippen LogP contribution in [0.1, 0.15) is 6.42 Å². The minimum absolute atomic E-state index is 0.0607. The van der Waals surface area contributed by atoms with Crippen LogP contribution in [0.15, 0.2) is 12.4 Å². The van der Waals surface area contributed by atoms with E-state index in [0.717, 1.165) is 0 Å². The maximum atomic E-state index is 11.6. The van der Waals surface area contributed by atoms with Crippen molar-refractivity contribution in [1.29, 1.82) is 0 Å². The SMILES string of the molecule is COc1cncc(N(CC(=O)O)C2CCS(=O)(=O)C2)n1. The van der Waals surface area contributed by atoms with Crippen LogP contribution in [0.4, 0.5) is 5.82 Å². The Morgan fingerprint density at radius 3 is 2.85 bits per heavy atom. The zero-order valence-corrected chi connectivity index (χ0v) is 11.7. The Kier molecular flexibility index (Phi) is 4.07. The number of nitrogens with zero attached hydrogens (tertiary/aromatic N) is 3. The number of hydrogen-bond acceptors (Lipinski definition) is 7. The molecule has 8 nitrogen and oxygen atoms in total. The monoisotopic (exact) mass is 301 g/mol. The first-order chi connectivity index (χ1) is 9.41. The number of carbonyl (C=O) groups is 1. The molecule has 1 fully saturated rings. The van der Waals surface area contributed by atoms with Gasteiger partial charge in [-0.3, -0.25) is 9.78 Å². The molecule has 20 heavy (non-hydrogen) atoms. The third-order valence-corrected chi connectivity index (χ3v) is 4.81. The average Bonchev–Trinajstić information content (AvgIpc) is 2.76. The largest absolute Gasteiger partial charge is 0.480 e. The molecule has 1 aromatic rings. The molecular weight excluding hydrogens is 286 g/mol. The summed E-state index contributed by atoms with van der Waals surface area (Å²) >= 11 is 0. The number of aromatic nitrogens is 2. The Hall–Kier alpha value is -1.90. The van der Waals surface area contributed by atoms with Crippen LogP contribution in [-0.4, -0.2) is 60.7 Å². The summed E-state index contributed by atoms with van der Waals surface area (Å²) in [6, 6.07) is -0.405. The van der Waals surface area contributed by atoms with Crippen molar-refractivity contribution < 1.29 is 23.1 Å². The van der Waals surface area contributed by atoms with Crippen LogP contribution in [0.2, 0.25) is 0 Å². The molecule has 0 aliphatic carbocycles. The Morgan fingerprint density at radius 1 is 1.55 bits per heavy atom. The smallest absolute Gasteiger partial charge is 0.323 e. The molecule has 110 valence electrons. The molecule has 0 amide bonds. The van der Waals surface area contributed by atoms with E-state index in [1.807, 2.05) is 0 Å². The molecule has 1 saturated heterocycles. The standard InChI is InChI=1S/C11H15N3O5S/c1-19-10-5-12-4-9(13-10)14(6-11(15)16)8-2-3-20(17,18)7-8/h4-5,8H,2-3,6-7H2,1H3,(H,15,16). The molecule has 1 unspecified atom stereocenters. The Labute approximate surface area is 116 Å². The van der Waals surface area contributed by atoms with Crippen molar-refractivity contribution in [3.05, 3.63) is 12.4 Å². The molecule has 2 heterocycles. The number of ether oxygens (including phenoxy) is 1. The van der Waals surface area contributed by atoms with Gasteiger partial charge in [0.1, 0.15) is 6.54 Å². The number of rotatable bonds is 5. The van der Waals surface area contributed by atoms with Crippen molar-refractivity contribution in [2.45, 2.75) is 12.5 Å². The highest BCUT2D eigenvalue weighted by Crippen LogP contribution is 2.23. The highest BCUT2D eigenvalue weighted by Gasteiger charge is 2.34. The molecule has 0 radical (unpaired) electrons. The van der Waals surface area contributed by atoms with Crippen LogP contribution in [-0.2, 0) is 14.6 Å². The average molecular weight is 301 g/mol.